The molecule has 0 aliphatic heterocycles. The van der Waals surface area contributed by atoms with Gasteiger partial charge in [0.15, 0.2) is 0 Å². The molecule has 0 amide bonds. The minimum atomic E-state index is -0.459. The Labute approximate surface area is 156 Å². The molecule has 0 radical (unpaired) electrons. The van der Waals surface area contributed by atoms with Crippen LogP contribution in [0.4, 0.5) is 0 Å². The van der Waals surface area contributed by atoms with Crippen molar-refractivity contribution >= 4 is 33.1 Å². The van der Waals surface area contributed by atoms with E-state index in [1.54, 1.807) is 11.3 Å². The van der Waals surface area contributed by atoms with Gasteiger partial charge in [0, 0.05) is 38.8 Å². The van der Waals surface area contributed by atoms with Crippen molar-refractivity contribution in [3.8, 4) is 0 Å². The van der Waals surface area contributed by atoms with E-state index >= 15 is 0 Å². The van der Waals surface area contributed by atoms with E-state index < -0.39 is 6.10 Å². The zero-order chi connectivity index (χ0) is 17.9. The average molecular weight is 362 g/mol. The maximum absolute atomic E-state index is 11.0. The highest BCUT2D eigenvalue weighted by atomic mass is 32.1. The maximum atomic E-state index is 11.0. The number of thiophene rings is 1. The third-order valence-corrected chi connectivity index (χ3v) is 6.37. The minimum Gasteiger partial charge on any atom is -0.388 e. The molecule has 3 nitrogen and oxygen atoms in total. The first kappa shape index (κ1) is 16.0. The normalized spacial score (nSPS) is 19.1. The van der Waals surface area contributed by atoms with Crippen LogP contribution in [0.2, 0.25) is 0 Å². The van der Waals surface area contributed by atoms with Gasteiger partial charge < -0.3 is 10.1 Å². The fraction of sp³-hybridized carbons (Fsp3) is 0.318. The Morgan fingerprint density at radius 1 is 1.23 bits per heavy atom. The second kappa shape index (κ2) is 5.66. The molecule has 0 saturated carbocycles. The van der Waals surface area contributed by atoms with Gasteiger partial charge in [-0.3, -0.25) is 4.98 Å². The number of aliphatic hydroxyl groups excluding tert-OH is 1. The lowest BCUT2D eigenvalue weighted by Crippen LogP contribution is -2.27. The van der Waals surface area contributed by atoms with Gasteiger partial charge in [-0.15, -0.1) is 11.3 Å². The molecule has 1 aliphatic rings. The van der Waals surface area contributed by atoms with E-state index in [-0.39, 0.29) is 5.41 Å². The van der Waals surface area contributed by atoms with Crippen LogP contribution in [0.25, 0.3) is 21.8 Å². The molecular formula is C22H22N2OS. The summed E-state index contributed by atoms with van der Waals surface area (Å²) in [5.41, 5.74) is 5.45. The van der Waals surface area contributed by atoms with Crippen LogP contribution in [0.1, 0.15) is 48.2 Å². The molecule has 5 rings (SSSR count). The van der Waals surface area contributed by atoms with Gasteiger partial charge >= 0.3 is 0 Å². The van der Waals surface area contributed by atoms with Gasteiger partial charge in [-0.25, -0.2) is 0 Å². The van der Waals surface area contributed by atoms with Crippen LogP contribution in [0.3, 0.4) is 0 Å². The molecule has 2 N–H and O–H groups in total. The number of fused-ring (bicyclic) bond motifs is 5. The molecule has 1 unspecified atom stereocenters. The molecule has 0 bridgehead atoms. The van der Waals surface area contributed by atoms with Crippen molar-refractivity contribution in [1.82, 2.24) is 9.97 Å². The highest BCUT2D eigenvalue weighted by Gasteiger charge is 2.35. The fourth-order valence-electron chi connectivity index (χ4n) is 4.41. The topological polar surface area (TPSA) is 48.9 Å². The van der Waals surface area contributed by atoms with Crippen molar-refractivity contribution in [3.05, 3.63) is 63.6 Å². The first-order valence-electron chi connectivity index (χ1n) is 9.14. The third-order valence-electron chi connectivity index (χ3n) is 5.49. The van der Waals surface area contributed by atoms with Crippen LogP contribution in [0.5, 0.6) is 0 Å². The molecule has 1 atom stereocenters. The van der Waals surface area contributed by atoms with Crippen LogP contribution in [-0.4, -0.2) is 15.1 Å². The lowest BCUT2D eigenvalue weighted by molar-refractivity contribution is 0.0997. The number of hydrogen-bond acceptors (Lipinski definition) is 3. The molecule has 0 spiro atoms. The smallest absolute Gasteiger partial charge is 0.0819 e. The molecule has 1 aliphatic carbocycles. The summed E-state index contributed by atoms with van der Waals surface area (Å²) in [7, 11) is 0. The monoisotopic (exact) mass is 362 g/mol. The predicted molar refractivity (Wildman–Crippen MR) is 108 cm³/mol. The van der Waals surface area contributed by atoms with Gasteiger partial charge in [0.1, 0.15) is 0 Å². The van der Waals surface area contributed by atoms with Crippen LogP contribution in [0.15, 0.2) is 41.8 Å². The van der Waals surface area contributed by atoms with Gasteiger partial charge in [0.05, 0.1) is 17.3 Å². The molecular weight excluding hydrogens is 340 g/mol. The summed E-state index contributed by atoms with van der Waals surface area (Å²) < 4.78 is 0. The van der Waals surface area contributed by atoms with Gasteiger partial charge in [-0.2, -0.15) is 0 Å². The van der Waals surface area contributed by atoms with E-state index in [0.29, 0.717) is 0 Å². The van der Waals surface area contributed by atoms with Crippen molar-refractivity contribution < 1.29 is 5.11 Å². The number of nitrogens with one attached hydrogen (secondary N) is 1. The zero-order valence-corrected chi connectivity index (χ0v) is 15.9. The summed E-state index contributed by atoms with van der Waals surface area (Å²) in [5.74, 6) is 0. The SMILES string of the molecule is CC1(C)Cc2nc(Cc3cccs3)c3[nH]c4ccccc4c3c2C(O)C1. The molecule has 1 aromatic carbocycles. The van der Waals surface area contributed by atoms with Crippen molar-refractivity contribution in [3.63, 3.8) is 0 Å². The minimum absolute atomic E-state index is 0.0689. The summed E-state index contributed by atoms with van der Waals surface area (Å²) in [4.78, 5) is 9.97. The summed E-state index contributed by atoms with van der Waals surface area (Å²) in [6, 6.07) is 12.6. The highest BCUT2D eigenvalue weighted by Crippen LogP contribution is 2.45. The Morgan fingerprint density at radius 3 is 2.88 bits per heavy atom. The summed E-state index contributed by atoms with van der Waals surface area (Å²) >= 11 is 1.77. The Kier molecular flexibility index (Phi) is 3.49. The predicted octanol–water partition coefficient (Wildman–Crippen LogP) is 5.37. The maximum Gasteiger partial charge on any atom is 0.0819 e. The highest BCUT2D eigenvalue weighted by molar-refractivity contribution is 7.09. The van der Waals surface area contributed by atoms with Gasteiger partial charge in [-0.05, 0) is 35.8 Å². The number of aromatic amines is 1. The zero-order valence-electron chi connectivity index (χ0n) is 15.0. The Balaban J connectivity index is 1.84. The lowest BCUT2D eigenvalue weighted by atomic mass is 9.74. The van der Waals surface area contributed by atoms with Crippen molar-refractivity contribution in [2.45, 2.75) is 39.2 Å². The number of para-hydroxylation sites is 1. The van der Waals surface area contributed by atoms with E-state index in [1.807, 2.05) is 0 Å². The molecule has 132 valence electrons. The van der Waals surface area contributed by atoms with Crippen LogP contribution in [0, 0.1) is 5.41 Å². The Morgan fingerprint density at radius 2 is 2.08 bits per heavy atom. The lowest BCUT2D eigenvalue weighted by Gasteiger charge is -2.34. The Hall–Kier alpha value is -2.17. The molecule has 3 aromatic heterocycles. The Bertz CT molecular complexity index is 1110. The number of pyridine rings is 1. The summed E-state index contributed by atoms with van der Waals surface area (Å²) in [6.45, 7) is 4.44. The van der Waals surface area contributed by atoms with Crippen molar-refractivity contribution in [2.75, 3.05) is 0 Å². The molecule has 0 fully saturated rings. The van der Waals surface area contributed by atoms with Crippen LogP contribution < -0.4 is 0 Å². The summed E-state index contributed by atoms with van der Waals surface area (Å²) in [6.07, 6.45) is 2.05. The number of aromatic nitrogens is 2. The van der Waals surface area contributed by atoms with Gasteiger partial charge in [0.2, 0.25) is 0 Å². The van der Waals surface area contributed by atoms with Crippen molar-refractivity contribution in [1.29, 1.82) is 0 Å². The first-order valence-corrected chi connectivity index (χ1v) is 10.0. The van der Waals surface area contributed by atoms with Crippen LogP contribution >= 0.6 is 11.3 Å². The molecule has 0 saturated heterocycles. The standard InChI is InChI=1S/C22H22N2OS/c1-22(2)11-17-20(18(25)12-22)19-14-7-3-4-8-15(14)24-21(19)16(23-17)10-13-6-5-9-26-13/h3-9,18,24-25H,10-12H2,1-2H3. The second-order valence-corrected chi connectivity index (χ2v) is 9.19. The van der Waals surface area contributed by atoms with E-state index in [1.165, 1.54) is 15.6 Å². The number of aliphatic hydroxyl groups is 1. The largest absolute Gasteiger partial charge is 0.388 e. The third kappa shape index (κ3) is 2.48. The number of rotatable bonds is 2. The number of nitrogens with zero attached hydrogens (tertiary/aromatic N) is 1. The number of benzene rings is 1. The molecule has 4 aromatic rings. The average Bonchev–Trinajstić information content (AvgIpc) is 3.21. The van der Waals surface area contributed by atoms with Gasteiger partial charge in [-0.1, -0.05) is 38.1 Å². The first-order chi connectivity index (χ1) is 12.5. The van der Waals surface area contributed by atoms with E-state index in [4.69, 9.17) is 4.98 Å². The quantitative estimate of drug-likeness (QED) is 0.503. The van der Waals surface area contributed by atoms with E-state index in [9.17, 15) is 5.11 Å². The van der Waals surface area contributed by atoms with Crippen LogP contribution in [-0.2, 0) is 12.8 Å². The molecule has 4 heteroatoms. The van der Waals surface area contributed by atoms with Gasteiger partial charge in [0.25, 0.3) is 0 Å². The molecule has 3 heterocycles. The van der Waals surface area contributed by atoms with E-state index in [0.717, 1.165) is 47.2 Å². The fourth-order valence-corrected chi connectivity index (χ4v) is 5.12. The van der Waals surface area contributed by atoms with Crippen molar-refractivity contribution in [2.24, 2.45) is 5.41 Å². The summed E-state index contributed by atoms with van der Waals surface area (Å²) in [5, 5.41) is 15.4. The second-order valence-electron chi connectivity index (χ2n) is 8.16. The molecule has 26 heavy (non-hydrogen) atoms. The number of hydrogen-bond donors (Lipinski definition) is 2. The van der Waals surface area contributed by atoms with E-state index in [2.05, 4.69) is 60.6 Å². The number of H-pyrrole nitrogens is 1.